The van der Waals surface area contributed by atoms with Gasteiger partial charge in [0.1, 0.15) is 0 Å². The Hall–Kier alpha value is -0.120. The molecule has 0 radical (unpaired) electrons. The molecule has 2 saturated heterocycles. The molecular weight excluding hydrogens is 212 g/mol. The predicted octanol–water partition coefficient (Wildman–Crippen LogP) is 2.02. The largest absolute Gasteiger partial charge is 0.372 e. The van der Waals surface area contributed by atoms with Crippen LogP contribution in [0.4, 0.5) is 0 Å². The summed E-state index contributed by atoms with van der Waals surface area (Å²) in [5, 5.41) is 3.47. The predicted molar refractivity (Wildman–Crippen MR) is 71.3 cm³/mol. The van der Waals surface area contributed by atoms with Crippen molar-refractivity contribution in [2.75, 3.05) is 26.2 Å². The number of nitrogens with zero attached hydrogens (tertiary/aromatic N) is 1. The number of unbranched alkanes of at least 4 members (excludes halogenated alkanes) is 2. The van der Waals surface area contributed by atoms with Crippen LogP contribution in [0.15, 0.2) is 0 Å². The second kappa shape index (κ2) is 6.72. The fourth-order valence-electron chi connectivity index (χ4n) is 2.91. The molecule has 2 aliphatic heterocycles. The highest BCUT2D eigenvalue weighted by Crippen LogP contribution is 2.26. The summed E-state index contributed by atoms with van der Waals surface area (Å²) in [7, 11) is 0. The Labute approximate surface area is 106 Å². The number of fused-ring (bicyclic) bond motifs is 2. The van der Waals surface area contributed by atoms with Crippen LogP contribution < -0.4 is 5.32 Å². The van der Waals surface area contributed by atoms with Crippen molar-refractivity contribution < 1.29 is 4.74 Å². The minimum Gasteiger partial charge on any atom is -0.372 e. The van der Waals surface area contributed by atoms with Gasteiger partial charge < -0.3 is 10.1 Å². The number of morpholine rings is 1. The highest BCUT2D eigenvalue weighted by Gasteiger charge is 2.32. The lowest BCUT2D eigenvalue weighted by Crippen LogP contribution is -2.42. The molecule has 2 aliphatic rings. The van der Waals surface area contributed by atoms with E-state index in [4.69, 9.17) is 4.74 Å². The van der Waals surface area contributed by atoms with Crippen LogP contribution in [-0.4, -0.2) is 49.3 Å². The van der Waals surface area contributed by atoms with Gasteiger partial charge in [-0.05, 0) is 38.8 Å². The van der Waals surface area contributed by atoms with Gasteiger partial charge in [-0.1, -0.05) is 20.3 Å². The van der Waals surface area contributed by atoms with Crippen LogP contribution in [0, 0.1) is 0 Å². The summed E-state index contributed by atoms with van der Waals surface area (Å²) in [6, 6.07) is 0.630. The first kappa shape index (κ1) is 13.3. The molecule has 2 unspecified atom stereocenters. The Kier molecular flexibility index (Phi) is 5.26. The van der Waals surface area contributed by atoms with Crippen LogP contribution in [0.25, 0.3) is 0 Å². The molecule has 3 nitrogen and oxygen atoms in total. The van der Waals surface area contributed by atoms with Crippen LogP contribution in [0.1, 0.15) is 46.0 Å². The number of ether oxygens (including phenoxy) is 1. The van der Waals surface area contributed by atoms with Gasteiger partial charge in [-0.2, -0.15) is 0 Å². The zero-order chi connectivity index (χ0) is 12.1. The topological polar surface area (TPSA) is 24.5 Å². The maximum atomic E-state index is 5.85. The van der Waals surface area contributed by atoms with Crippen molar-refractivity contribution in [3.05, 3.63) is 0 Å². The minimum atomic E-state index is 0.552. The van der Waals surface area contributed by atoms with Crippen LogP contribution in [0.5, 0.6) is 0 Å². The Balaban J connectivity index is 1.48. The number of rotatable bonds is 7. The molecule has 2 bridgehead atoms. The summed E-state index contributed by atoms with van der Waals surface area (Å²) in [5.74, 6) is 0. The number of hydrogen-bond acceptors (Lipinski definition) is 3. The second-order valence-electron chi connectivity index (χ2n) is 5.89. The van der Waals surface area contributed by atoms with Crippen molar-refractivity contribution >= 4 is 0 Å². The van der Waals surface area contributed by atoms with Crippen molar-refractivity contribution in [1.82, 2.24) is 10.2 Å². The number of nitrogens with one attached hydrogen (secondary N) is 1. The van der Waals surface area contributed by atoms with Crippen molar-refractivity contribution in [3.8, 4) is 0 Å². The molecule has 2 rings (SSSR count). The van der Waals surface area contributed by atoms with Crippen LogP contribution in [0.3, 0.4) is 0 Å². The van der Waals surface area contributed by atoms with E-state index < -0.39 is 0 Å². The molecule has 2 heterocycles. The molecule has 2 fully saturated rings. The Morgan fingerprint density at radius 3 is 2.47 bits per heavy atom. The lowest BCUT2D eigenvalue weighted by Gasteiger charge is -2.32. The van der Waals surface area contributed by atoms with Gasteiger partial charge in [0, 0.05) is 19.1 Å². The molecule has 0 aromatic heterocycles. The van der Waals surface area contributed by atoms with E-state index in [9.17, 15) is 0 Å². The van der Waals surface area contributed by atoms with Gasteiger partial charge in [-0.15, -0.1) is 0 Å². The van der Waals surface area contributed by atoms with Gasteiger partial charge in [0.15, 0.2) is 0 Å². The maximum absolute atomic E-state index is 5.85. The molecule has 0 spiro atoms. The molecule has 0 amide bonds. The lowest BCUT2D eigenvalue weighted by molar-refractivity contribution is -0.0385. The number of hydrogen-bond donors (Lipinski definition) is 1. The van der Waals surface area contributed by atoms with Crippen molar-refractivity contribution in [2.45, 2.75) is 64.2 Å². The normalized spacial score (nSPS) is 29.1. The summed E-state index contributed by atoms with van der Waals surface area (Å²) < 4.78 is 5.85. The third-order valence-electron chi connectivity index (χ3n) is 3.82. The molecule has 0 aromatic carbocycles. The summed E-state index contributed by atoms with van der Waals surface area (Å²) in [6.45, 7) is 9.23. The highest BCUT2D eigenvalue weighted by molar-refractivity contribution is 4.84. The molecule has 1 N–H and O–H groups in total. The van der Waals surface area contributed by atoms with Gasteiger partial charge in [-0.3, -0.25) is 4.90 Å². The van der Waals surface area contributed by atoms with Gasteiger partial charge in [0.2, 0.25) is 0 Å². The van der Waals surface area contributed by atoms with Crippen LogP contribution in [-0.2, 0) is 4.74 Å². The average Bonchev–Trinajstić information content (AvgIpc) is 2.63. The van der Waals surface area contributed by atoms with E-state index in [1.807, 2.05) is 0 Å². The zero-order valence-electron chi connectivity index (χ0n) is 11.5. The second-order valence-corrected chi connectivity index (χ2v) is 5.89. The first-order chi connectivity index (χ1) is 8.24. The van der Waals surface area contributed by atoms with E-state index in [1.165, 1.54) is 58.3 Å². The van der Waals surface area contributed by atoms with E-state index in [-0.39, 0.29) is 0 Å². The monoisotopic (exact) mass is 240 g/mol. The van der Waals surface area contributed by atoms with Gasteiger partial charge in [0.05, 0.1) is 12.2 Å². The fraction of sp³-hybridized carbons (Fsp3) is 1.00. The maximum Gasteiger partial charge on any atom is 0.0707 e. The molecule has 0 saturated carbocycles. The quantitative estimate of drug-likeness (QED) is 0.689. The summed E-state index contributed by atoms with van der Waals surface area (Å²) >= 11 is 0. The molecule has 0 aliphatic carbocycles. The standard InChI is InChI=1S/C14H28N2O/c1-12(2)15-8-4-3-5-9-16-10-13-6-7-14(11-16)17-13/h12-15H,3-11H2,1-2H3. The Bertz CT molecular complexity index is 208. The van der Waals surface area contributed by atoms with Gasteiger partial charge in [-0.25, -0.2) is 0 Å². The molecule has 17 heavy (non-hydrogen) atoms. The van der Waals surface area contributed by atoms with Gasteiger partial charge >= 0.3 is 0 Å². The smallest absolute Gasteiger partial charge is 0.0707 e. The third kappa shape index (κ3) is 4.57. The molecule has 2 atom stereocenters. The van der Waals surface area contributed by atoms with Crippen molar-refractivity contribution in [2.24, 2.45) is 0 Å². The van der Waals surface area contributed by atoms with Crippen LogP contribution >= 0.6 is 0 Å². The first-order valence-electron chi connectivity index (χ1n) is 7.35. The summed E-state index contributed by atoms with van der Waals surface area (Å²) in [5.41, 5.74) is 0. The van der Waals surface area contributed by atoms with E-state index in [0.29, 0.717) is 18.2 Å². The average molecular weight is 240 g/mol. The van der Waals surface area contributed by atoms with Crippen molar-refractivity contribution in [1.29, 1.82) is 0 Å². The SMILES string of the molecule is CC(C)NCCCCCN1CC2CCC(C1)O2. The van der Waals surface area contributed by atoms with E-state index >= 15 is 0 Å². The Morgan fingerprint density at radius 2 is 1.82 bits per heavy atom. The third-order valence-corrected chi connectivity index (χ3v) is 3.82. The highest BCUT2D eigenvalue weighted by atomic mass is 16.5. The van der Waals surface area contributed by atoms with E-state index in [0.717, 1.165) is 0 Å². The zero-order valence-corrected chi connectivity index (χ0v) is 11.5. The molecule has 3 heteroatoms. The summed E-state index contributed by atoms with van der Waals surface area (Å²) in [6.07, 6.45) is 7.70. The van der Waals surface area contributed by atoms with E-state index in [2.05, 4.69) is 24.1 Å². The summed E-state index contributed by atoms with van der Waals surface area (Å²) in [4.78, 5) is 2.61. The Morgan fingerprint density at radius 1 is 1.12 bits per heavy atom. The minimum absolute atomic E-state index is 0.552. The lowest BCUT2D eigenvalue weighted by atomic mass is 10.2. The fourth-order valence-corrected chi connectivity index (χ4v) is 2.91. The molecular formula is C14H28N2O. The van der Waals surface area contributed by atoms with Crippen LogP contribution in [0.2, 0.25) is 0 Å². The first-order valence-corrected chi connectivity index (χ1v) is 7.35. The molecule has 0 aromatic rings. The van der Waals surface area contributed by atoms with Gasteiger partial charge in [0.25, 0.3) is 0 Å². The van der Waals surface area contributed by atoms with E-state index in [1.54, 1.807) is 0 Å². The van der Waals surface area contributed by atoms with Crippen molar-refractivity contribution in [3.63, 3.8) is 0 Å². The number of likely N-dealkylation sites (tertiary alicyclic amines) is 1. The molecule has 100 valence electrons.